The lowest BCUT2D eigenvalue weighted by Gasteiger charge is -2.07. The summed E-state index contributed by atoms with van der Waals surface area (Å²) in [7, 11) is -3.25. The number of aromatic nitrogens is 2. The maximum absolute atomic E-state index is 11.4. The Hall–Kier alpha value is -0.850. The molecule has 0 amide bonds. The second-order valence-electron chi connectivity index (χ2n) is 3.80. The van der Waals surface area contributed by atoms with Gasteiger partial charge in [-0.2, -0.15) is 5.10 Å². The predicted molar refractivity (Wildman–Crippen MR) is 73.9 cm³/mol. The molecule has 0 spiro atoms. The number of hydrogen-bond donors (Lipinski definition) is 0. The van der Waals surface area contributed by atoms with Crippen molar-refractivity contribution in [1.82, 2.24) is 9.78 Å². The quantitative estimate of drug-likeness (QED) is 0.801. The van der Waals surface area contributed by atoms with E-state index in [4.69, 9.17) is 11.6 Å². The SMILES string of the molecule is CS(=O)(=O)c1cnn(-c2cc(Br)ccc2CCl)c1. The second-order valence-corrected chi connectivity index (χ2v) is 7.00. The summed E-state index contributed by atoms with van der Waals surface area (Å²) in [4.78, 5) is 0.183. The smallest absolute Gasteiger partial charge is 0.178 e. The lowest BCUT2D eigenvalue weighted by molar-refractivity contribution is 0.602. The van der Waals surface area contributed by atoms with Crippen molar-refractivity contribution >= 4 is 37.4 Å². The molecule has 1 aromatic carbocycles. The molecule has 0 aliphatic heterocycles. The van der Waals surface area contributed by atoms with E-state index in [9.17, 15) is 8.42 Å². The summed E-state index contributed by atoms with van der Waals surface area (Å²) in [6, 6.07) is 5.59. The molecule has 0 saturated heterocycles. The maximum Gasteiger partial charge on any atom is 0.178 e. The molecule has 2 aromatic rings. The summed E-state index contributed by atoms with van der Waals surface area (Å²) in [5.74, 6) is 0.330. The molecule has 4 nitrogen and oxygen atoms in total. The van der Waals surface area contributed by atoms with Gasteiger partial charge in [-0.3, -0.25) is 0 Å². The molecule has 0 N–H and O–H groups in total. The fraction of sp³-hybridized carbons (Fsp3) is 0.182. The van der Waals surface area contributed by atoms with E-state index in [0.717, 1.165) is 22.0 Å². The Balaban J connectivity index is 2.55. The Morgan fingerprint density at radius 3 is 2.72 bits per heavy atom. The summed E-state index contributed by atoms with van der Waals surface area (Å²) in [6.45, 7) is 0. The van der Waals surface area contributed by atoms with Gasteiger partial charge in [-0.05, 0) is 17.7 Å². The van der Waals surface area contributed by atoms with Crippen LogP contribution < -0.4 is 0 Å². The van der Waals surface area contributed by atoms with E-state index in [0.29, 0.717) is 5.88 Å². The highest BCUT2D eigenvalue weighted by atomic mass is 79.9. The predicted octanol–water partition coefficient (Wildman–Crippen LogP) is 2.78. The van der Waals surface area contributed by atoms with Crippen molar-refractivity contribution in [3.05, 3.63) is 40.6 Å². The van der Waals surface area contributed by atoms with Crippen molar-refractivity contribution in [2.24, 2.45) is 0 Å². The molecule has 18 heavy (non-hydrogen) atoms. The number of hydrogen-bond acceptors (Lipinski definition) is 3. The van der Waals surface area contributed by atoms with Gasteiger partial charge in [0, 0.05) is 22.8 Å². The number of alkyl halides is 1. The van der Waals surface area contributed by atoms with E-state index >= 15 is 0 Å². The van der Waals surface area contributed by atoms with Crippen molar-refractivity contribution in [2.75, 3.05) is 6.26 Å². The Morgan fingerprint density at radius 2 is 2.17 bits per heavy atom. The Kier molecular flexibility index (Phi) is 3.79. The molecule has 0 unspecified atom stereocenters. The lowest BCUT2D eigenvalue weighted by atomic mass is 10.2. The van der Waals surface area contributed by atoms with E-state index < -0.39 is 9.84 Å². The van der Waals surface area contributed by atoms with Crippen LogP contribution in [0.25, 0.3) is 5.69 Å². The highest BCUT2D eigenvalue weighted by molar-refractivity contribution is 9.10. The first-order chi connectivity index (χ1) is 8.41. The van der Waals surface area contributed by atoms with Crippen LogP contribution in [0.4, 0.5) is 0 Å². The third-order valence-corrected chi connectivity index (χ3v) is 4.27. The van der Waals surface area contributed by atoms with E-state index in [2.05, 4.69) is 21.0 Å². The summed E-state index contributed by atoms with van der Waals surface area (Å²) in [5, 5.41) is 4.06. The molecule has 7 heteroatoms. The van der Waals surface area contributed by atoms with Crippen molar-refractivity contribution in [2.45, 2.75) is 10.8 Å². The van der Waals surface area contributed by atoms with Crippen LogP contribution in [-0.2, 0) is 15.7 Å². The van der Waals surface area contributed by atoms with Crippen molar-refractivity contribution in [3.63, 3.8) is 0 Å². The van der Waals surface area contributed by atoms with Gasteiger partial charge in [0.25, 0.3) is 0 Å². The molecule has 0 fully saturated rings. The van der Waals surface area contributed by atoms with Crippen LogP contribution in [0, 0.1) is 0 Å². The standard InChI is InChI=1S/C11H10BrClN2O2S/c1-18(16,17)10-6-14-15(7-10)11-4-9(12)3-2-8(11)5-13/h2-4,6-7H,5H2,1H3. The van der Waals surface area contributed by atoms with Crippen molar-refractivity contribution in [3.8, 4) is 5.69 Å². The monoisotopic (exact) mass is 348 g/mol. The van der Waals surface area contributed by atoms with Crippen molar-refractivity contribution in [1.29, 1.82) is 0 Å². The zero-order valence-electron chi connectivity index (χ0n) is 9.47. The fourth-order valence-electron chi connectivity index (χ4n) is 1.49. The molecular weight excluding hydrogens is 340 g/mol. The van der Waals surface area contributed by atoms with E-state index in [1.54, 1.807) is 0 Å². The summed E-state index contributed by atoms with van der Waals surface area (Å²) < 4.78 is 25.2. The topological polar surface area (TPSA) is 52.0 Å². The molecular formula is C11H10BrClN2O2S. The molecule has 1 heterocycles. The van der Waals surface area contributed by atoms with Gasteiger partial charge in [0.2, 0.25) is 0 Å². The van der Waals surface area contributed by atoms with Gasteiger partial charge in [-0.1, -0.05) is 22.0 Å². The first-order valence-corrected chi connectivity index (χ1v) is 8.23. The summed E-state index contributed by atoms with van der Waals surface area (Å²) in [5.41, 5.74) is 1.64. The third-order valence-electron chi connectivity index (χ3n) is 2.43. The van der Waals surface area contributed by atoms with Gasteiger partial charge in [0.1, 0.15) is 4.90 Å². The van der Waals surface area contributed by atoms with Crippen LogP contribution in [0.2, 0.25) is 0 Å². The first-order valence-electron chi connectivity index (χ1n) is 5.01. The fourth-order valence-corrected chi connectivity index (χ4v) is 2.60. The third kappa shape index (κ3) is 2.76. The first kappa shape index (κ1) is 13.6. The minimum absolute atomic E-state index is 0.183. The number of nitrogens with zero attached hydrogens (tertiary/aromatic N) is 2. The molecule has 0 saturated carbocycles. The Bertz CT molecular complexity index is 682. The minimum atomic E-state index is -3.25. The summed E-state index contributed by atoms with van der Waals surface area (Å²) in [6.07, 6.45) is 3.96. The van der Waals surface area contributed by atoms with Crippen LogP contribution in [0.15, 0.2) is 40.0 Å². The van der Waals surface area contributed by atoms with Crippen LogP contribution in [-0.4, -0.2) is 24.5 Å². The minimum Gasteiger partial charge on any atom is -0.239 e. The molecule has 96 valence electrons. The maximum atomic E-state index is 11.4. The zero-order valence-corrected chi connectivity index (χ0v) is 12.6. The normalized spacial score (nSPS) is 11.7. The van der Waals surface area contributed by atoms with Crippen LogP contribution >= 0.6 is 27.5 Å². The van der Waals surface area contributed by atoms with Crippen LogP contribution in [0.5, 0.6) is 0 Å². The molecule has 2 rings (SSSR count). The van der Waals surface area contributed by atoms with E-state index in [1.165, 1.54) is 17.1 Å². The van der Waals surface area contributed by atoms with Gasteiger partial charge in [0.05, 0.1) is 11.9 Å². The highest BCUT2D eigenvalue weighted by Crippen LogP contribution is 2.22. The lowest BCUT2D eigenvalue weighted by Crippen LogP contribution is -1.99. The molecule has 0 aliphatic carbocycles. The molecule has 0 aliphatic rings. The highest BCUT2D eigenvalue weighted by Gasteiger charge is 2.12. The number of halogens is 2. The van der Waals surface area contributed by atoms with Gasteiger partial charge in [0.15, 0.2) is 9.84 Å². The average Bonchev–Trinajstić information content (AvgIpc) is 2.77. The van der Waals surface area contributed by atoms with Crippen LogP contribution in [0.1, 0.15) is 5.56 Å². The number of rotatable bonds is 3. The van der Waals surface area contributed by atoms with Gasteiger partial charge >= 0.3 is 0 Å². The van der Waals surface area contributed by atoms with Crippen molar-refractivity contribution < 1.29 is 8.42 Å². The molecule has 0 atom stereocenters. The number of benzene rings is 1. The molecule has 1 aromatic heterocycles. The van der Waals surface area contributed by atoms with Gasteiger partial charge in [-0.25, -0.2) is 13.1 Å². The number of sulfone groups is 1. The second kappa shape index (κ2) is 5.03. The average molecular weight is 350 g/mol. The van der Waals surface area contributed by atoms with E-state index in [-0.39, 0.29) is 4.90 Å². The summed E-state index contributed by atoms with van der Waals surface area (Å²) >= 11 is 9.22. The van der Waals surface area contributed by atoms with Gasteiger partial charge in [-0.15, -0.1) is 11.6 Å². The Labute approximate surface area is 119 Å². The zero-order chi connectivity index (χ0) is 13.3. The largest absolute Gasteiger partial charge is 0.239 e. The molecule has 0 radical (unpaired) electrons. The Morgan fingerprint density at radius 1 is 1.44 bits per heavy atom. The van der Waals surface area contributed by atoms with E-state index in [1.807, 2.05) is 18.2 Å². The van der Waals surface area contributed by atoms with Gasteiger partial charge < -0.3 is 0 Å². The molecule has 0 bridgehead atoms. The van der Waals surface area contributed by atoms with Crippen LogP contribution in [0.3, 0.4) is 0 Å².